The van der Waals surface area contributed by atoms with E-state index in [4.69, 9.17) is 0 Å². The highest BCUT2D eigenvalue weighted by Crippen LogP contribution is 2.61. The molecule has 51 heavy (non-hydrogen) atoms. The van der Waals surface area contributed by atoms with Crippen LogP contribution in [0.2, 0.25) is 0 Å². The van der Waals surface area contributed by atoms with Crippen molar-refractivity contribution in [1.82, 2.24) is 4.57 Å². The second kappa shape index (κ2) is 13.2. The van der Waals surface area contributed by atoms with Crippen molar-refractivity contribution in [1.29, 1.82) is 0 Å². The largest absolute Gasteiger partial charge is 0.316 e. The first-order chi connectivity index (χ1) is 25.1. The number of benzene rings is 3. The van der Waals surface area contributed by atoms with Gasteiger partial charge in [-0.15, -0.1) is 0 Å². The zero-order valence-corrected chi connectivity index (χ0v) is 30.0. The van der Waals surface area contributed by atoms with Gasteiger partial charge < -0.3 is 4.57 Å². The molecule has 0 aliphatic heterocycles. The maximum atomic E-state index is 2.55. The molecule has 0 saturated carbocycles. The molecule has 252 valence electrons. The Morgan fingerprint density at radius 1 is 0.804 bits per heavy atom. The minimum Gasteiger partial charge on any atom is -0.316 e. The van der Waals surface area contributed by atoms with Crippen LogP contribution >= 0.6 is 0 Å². The molecule has 3 aromatic carbocycles. The van der Waals surface area contributed by atoms with Crippen LogP contribution in [0.4, 0.5) is 0 Å². The monoisotopic (exact) mass is 661 g/mol. The van der Waals surface area contributed by atoms with Crippen molar-refractivity contribution in [3.63, 3.8) is 0 Å². The van der Waals surface area contributed by atoms with Crippen molar-refractivity contribution in [2.24, 2.45) is 11.8 Å². The molecule has 0 fully saturated rings. The number of nitrogens with zero attached hydrogens (tertiary/aromatic N) is 1. The summed E-state index contributed by atoms with van der Waals surface area (Å²) in [5.41, 5.74) is 15.1. The summed E-state index contributed by atoms with van der Waals surface area (Å²) in [7, 11) is 0. The molecule has 0 saturated heterocycles. The number of hydrogen-bond acceptors (Lipinski definition) is 0. The molecule has 9 rings (SSSR count). The lowest BCUT2D eigenvalue weighted by Crippen LogP contribution is -2.33. The van der Waals surface area contributed by atoms with Crippen LogP contribution in [0.1, 0.15) is 69.9 Å². The van der Waals surface area contributed by atoms with Gasteiger partial charge >= 0.3 is 0 Å². The Labute approximate surface area is 303 Å². The lowest BCUT2D eigenvalue weighted by atomic mass is 9.61. The molecule has 4 aromatic rings. The molecule has 1 heteroatoms. The molecule has 0 N–H and O–H groups in total. The fourth-order valence-corrected chi connectivity index (χ4v) is 9.52. The van der Waals surface area contributed by atoms with E-state index < -0.39 is 0 Å². The van der Waals surface area contributed by atoms with Gasteiger partial charge in [-0.05, 0) is 125 Å². The van der Waals surface area contributed by atoms with Gasteiger partial charge in [0.05, 0.1) is 16.4 Å². The van der Waals surface area contributed by atoms with E-state index in [1.165, 1.54) is 60.8 Å². The van der Waals surface area contributed by atoms with E-state index in [0.717, 1.165) is 44.9 Å². The first kappa shape index (κ1) is 31.8. The zero-order valence-electron chi connectivity index (χ0n) is 30.0. The molecule has 1 nitrogen and oxygen atoms in total. The van der Waals surface area contributed by atoms with Gasteiger partial charge in [-0.2, -0.15) is 0 Å². The van der Waals surface area contributed by atoms with E-state index in [0.29, 0.717) is 11.8 Å². The lowest BCUT2D eigenvalue weighted by Gasteiger charge is -2.40. The standard InChI is InChI=1S/C50H47N/c1-35-15-13-16-37(33-35)28-29-39(38-17-5-3-6-18-38)31-32-51-47-25-12-10-22-43(47)49-45(24-14-26-48(49)51)50(40-19-7-4-8-20-40)44-23-11-9-21-41(44)42-30-27-36(2)34-46(42)50/h3,5-7,10-14,16-20,22-27,29-33,35-36H,4,8-9,15,21,28,34H2,1-2H3/b32-31+,39-29+. The number of para-hydroxylation sites is 1. The van der Waals surface area contributed by atoms with Gasteiger partial charge in [-0.1, -0.05) is 141 Å². The van der Waals surface area contributed by atoms with Gasteiger partial charge in [0.25, 0.3) is 0 Å². The van der Waals surface area contributed by atoms with Gasteiger partial charge in [0.1, 0.15) is 0 Å². The second-order valence-corrected chi connectivity index (χ2v) is 15.1. The van der Waals surface area contributed by atoms with Crippen LogP contribution in [0.3, 0.4) is 0 Å². The Kier molecular flexibility index (Phi) is 8.23. The van der Waals surface area contributed by atoms with Crippen LogP contribution in [0, 0.1) is 11.8 Å². The van der Waals surface area contributed by atoms with E-state index in [2.05, 4.69) is 170 Å². The van der Waals surface area contributed by atoms with E-state index in [1.54, 1.807) is 11.1 Å². The predicted octanol–water partition coefficient (Wildman–Crippen LogP) is 13.3. The third-order valence-electron chi connectivity index (χ3n) is 11.8. The topological polar surface area (TPSA) is 4.93 Å². The van der Waals surface area contributed by atoms with Crippen molar-refractivity contribution in [3.05, 3.63) is 190 Å². The average Bonchev–Trinajstić information content (AvgIpc) is 3.66. The molecule has 1 heterocycles. The smallest absolute Gasteiger partial charge is 0.0676 e. The van der Waals surface area contributed by atoms with Gasteiger partial charge in [0.2, 0.25) is 0 Å². The number of rotatable bonds is 7. The highest BCUT2D eigenvalue weighted by molar-refractivity contribution is 6.12. The Balaban J connectivity index is 1.27. The zero-order chi connectivity index (χ0) is 34.4. The maximum absolute atomic E-state index is 2.55. The van der Waals surface area contributed by atoms with Gasteiger partial charge in [-0.25, -0.2) is 0 Å². The normalized spacial score (nSPS) is 24.5. The number of allylic oxidation sites excluding steroid dienone is 19. The van der Waals surface area contributed by atoms with Crippen LogP contribution in [0.25, 0.3) is 33.6 Å². The third kappa shape index (κ3) is 5.37. The summed E-state index contributed by atoms with van der Waals surface area (Å²) in [4.78, 5) is 0. The van der Waals surface area contributed by atoms with Crippen molar-refractivity contribution in [3.8, 4) is 0 Å². The van der Waals surface area contributed by atoms with E-state index in [1.807, 2.05) is 0 Å². The number of aromatic nitrogens is 1. The van der Waals surface area contributed by atoms with E-state index in [-0.39, 0.29) is 5.41 Å². The van der Waals surface area contributed by atoms with E-state index >= 15 is 0 Å². The van der Waals surface area contributed by atoms with Crippen LogP contribution in [-0.2, 0) is 5.41 Å². The summed E-state index contributed by atoms with van der Waals surface area (Å²) < 4.78 is 2.45. The van der Waals surface area contributed by atoms with Crippen molar-refractivity contribution >= 4 is 33.6 Å². The van der Waals surface area contributed by atoms with E-state index in [9.17, 15) is 0 Å². The summed E-state index contributed by atoms with van der Waals surface area (Å²) in [6, 6.07) is 27.0. The maximum Gasteiger partial charge on any atom is 0.0676 e. The molecule has 0 spiro atoms. The number of fused-ring (bicyclic) bond motifs is 4. The van der Waals surface area contributed by atoms with Gasteiger partial charge in [-0.3, -0.25) is 0 Å². The predicted molar refractivity (Wildman–Crippen MR) is 218 cm³/mol. The Morgan fingerprint density at radius 2 is 1.65 bits per heavy atom. The molecule has 0 bridgehead atoms. The summed E-state index contributed by atoms with van der Waals surface area (Å²) >= 11 is 0. The van der Waals surface area contributed by atoms with Crippen molar-refractivity contribution in [2.45, 2.75) is 64.2 Å². The molecule has 1 aromatic heterocycles. The molecule has 5 aliphatic carbocycles. The molecule has 0 amide bonds. The summed E-state index contributed by atoms with van der Waals surface area (Å²) in [5.74, 6) is 1.11. The molecule has 3 unspecified atom stereocenters. The summed E-state index contributed by atoms with van der Waals surface area (Å²) in [5, 5.41) is 2.69. The first-order valence-corrected chi connectivity index (χ1v) is 19.2. The Morgan fingerprint density at radius 3 is 2.51 bits per heavy atom. The second-order valence-electron chi connectivity index (χ2n) is 15.1. The SMILES string of the molecule is CC1C=C(C/C=C(\C=C\n2c3ccccc3c3c(C4(C5=CCCC=C5)C5=C(CCC=C5)C5=C4CC(C)C=C5)cccc32)c2ccccc2)C=CC1. The first-order valence-electron chi connectivity index (χ1n) is 19.2. The van der Waals surface area contributed by atoms with Crippen LogP contribution in [-0.4, -0.2) is 4.57 Å². The molecule has 3 atom stereocenters. The number of hydrogen-bond donors (Lipinski definition) is 0. The van der Waals surface area contributed by atoms with Gasteiger partial charge in [0, 0.05) is 17.0 Å². The fraction of sp³-hybridized carbons (Fsp3) is 0.240. The molecule has 0 radical (unpaired) electrons. The fourth-order valence-electron chi connectivity index (χ4n) is 9.52. The highest BCUT2D eigenvalue weighted by Gasteiger charge is 2.50. The quantitative estimate of drug-likeness (QED) is 0.174. The molecular formula is C50H47N. The minimum atomic E-state index is -0.302. The average molecular weight is 662 g/mol. The summed E-state index contributed by atoms with van der Waals surface area (Å²) in [6.45, 7) is 4.70. The lowest BCUT2D eigenvalue weighted by molar-refractivity contribution is 0.612. The van der Waals surface area contributed by atoms with Gasteiger partial charge in [0.15, 0.2) is 0 Å². The minimum absolute atomic E-state index is 0.302. The van der Waals surface area contributed by atoms with Crippen LogP contribution < -0.4 is 0 Å². The van der Waals surface area contributed by atoms with Crippen LogP contribution in [0.15, 0.2) is 179 Å². The summed E-state index contributed by atoms with van der Waals surface area (Å²) in [6.07, 6.45) is 38.9. The van der Waals surface area contributed by atoms with Crippen molar-refractivity contribution in [2.75, 3.05) is 0 Å². The Hall–Kier alpha value is -5.14. The third-order valence-corrected chi connectivity index (χ3v) is 11.8. The van der Waals surface area contributed by atoms with Crippen LogP contribution in [0.5, 0.6) is 0 Å². The highest BCUT2D eigenvalue weighted by atomic mass is 15.0. The molecular weight excluding hydrogens is 615 g/mol. The van der Waals surface area contributed by atoms with Crippen molar-refractivity contribution < 1.29 is 0 Å². The molecule has 5 aliphatic rings. The Bertz CT molecular complexity index is 2350.